The quantitative estimate of drug-likeness (QED) is 0.312. The van der Waals surface area contributed by atoms with E-state index in [4.69, 9.17) is 10.8 Å². The second kappa shape index (κ2) is 17.9. The Morgan fingerprint density at radius 2 is 1.21 bits per heavy atom. The number of benzene rings is 1. The van der Waals surface area contributed by atoms with Gasteiger partial charge in [0.25, 0.3) is 0 Å². The molecule has 0 heterocycles. The minimum absolute atomic E-state index is 0.385. The second-order valence-corrected chi connectivity index (χ2v) is 13.5. The van der Waals surface area contributed by atoms with Crippen molar-refractivity contribution in [2.24, 2.45) is 5.73 Å². The van der Waals surface area contributed by atoms with Gasteiger partial charge in [0.1, 0.15) is 6.04 Å². The van der Waals surface area contributed by atoms with Crippen LogP contribution in [-0.4, -0.2) is 41.8 Å². The van der Waals surface area contributed by atoms with Crippen LogP contribution < -0.4 is 5.73 Å². The normalized spacial score (nSPS) is 12.7. The molecule has 0 saturated heterocycles. The van der Waals surface area contributed by atoms with Crippen LogP contribution in [0.2, 0.25) is 0 Å². The molecular weight excluding hydrogens is 377 g/mol. The molecule has 0 saturated carbocycles. The molecule has 0 amide bonds. The molecule has 0 radical (unpaired) electrons. The van der Waals surface area contributed by atoms with Crippen molar-refractivity contribution in [1.82, 2.24) is 0 Å². The van der Waals surface area contributed by atoms with Gasteiger partial charge in [0.2, 0.25) is 0 Å². The van der Waals surface area contributed by atoms with Crippen LogP contribution in [0.1, 0.15) is 84.6 Å². The fourth-order valence-electron chi connectivity index (χ4n) is 3.91. The zero-order valence-corrected chi connectivity index (χ0v) is 20.6. The summed E-state index contributed by atoms with van der Waals surface area (Å²) in [5, 5.41) is 8.52. The van der Waals surface area contributed by atoms with Crippen molar-refractivity contribution < 1.29 is 9.90 Å². The van der Waals surface area contributed by atoms with Gasteiger partial charge in [-0.15, -0.1) is 0 Å². The molecule has 1 rings (SSSR count). The first-order valence-electron chi connectivity index (χ1n) is 12.0. The third kappa shape index (κ3) is 13.8. The van der Waals surface area contributed by atoms with Crippen LogP contribution in [0.3, 0.4) is 0 Å². The summed E-state index contributed by atoms with van der Waals surface area (Å²) in [6.07, 6.45) is 18.5. The Morgan fingerprint density at radius 1 is 0.828 bits per heavy atom. The van der Waals surface area contributed by atoms with Crippen molar-refractivity contribution in [3.05, 3.63) is 35.9 Å². The molecule has 3 N–H and O–H groups in total. The van der Waals surface area contributed by atoms with E-state index in [9.17, 15) is 4.79 Å². The minimum Gasteiger partial charge on any atom is -0.480 e. The fraction of sp³-hybridized carbons (Fsp3) is 0.720. The van der Waals surface area contributed by atoms with E-state index in [1.165, 1.54) is 51.4 Å². The van der Waals surface area contributed by atoms with Gasteiger partial charge in [0.15, 0.2) is 0 Å². The van der Waals surface area contributed by atoms with Crippen molar-refractivity contribution in [3.8, 4) is 0 Å². The smallest absolute Gasteiger partial charge is 0.320 e. The van der Waals surface area contributed by atoms with Gasteiger partial charge < -0.3 is 10.8 Å². The Morgan fingerprint density at radius 3 is 1.52 bits per heavy atom. The van der Waals surface area contributed by atoms with Crippen LogP contribution in [0.25, 0.3) is 0 Å². The van der Waals surface area contributed by atoms with Crippen LogP contribution in [0, 0.1) is 0 Å². The maximum absolute atomic E-state index is 10.4. The molecule has 0 aromatic heterocycles. The van der Waals surface area contributed by atoms with Gasteiger partial charge in [-0.2, -0.15) is 0 Å². The molecule has 0 unspecified atom stereocenters. The van der Waals surface area contributed by atoms with Crippen molar-refractivity contribution in [1.29, 1.82) is 0 Å². The largest absolute Gasteiger partial charge is 0.480 e. The first-order chi connectivity index (χ1) is 13.9. The summed E-state index contributed by atoms with van der Waals surface area (Å²) < 4.78 is 0. The second-order valence-electron chi connectivity index (χ2n) is 8.55. The van der Waals surface area contributed by atoms with Gasteiger partial charge in [-0.25, -0.2) is 0 Å². The number of aliphatic carboxylic acids is 1. The minimum atomic E-state index is -0.959. The first kappa shape index (κ1) is 28.1. The van der Waals surface area contributed by atoms with E-state index in [0.29, 0.717) is 6.42 Å². The van der Waals surface area contributed by atoms with E-state index < -0.39 is 19.3 Å². The summed E-state index contributed by atoms with van der Waals surface area (Å²) in [5.74, 6) is -0.959. The van der Waals surface area contributed by atoms with Crippen LogP contribution in [0.4, 0.5) is 0 Å². The van der Waals surface area contributed by atoms with E-state index in [1.54, 1.807) is 24.6 Å². The average Bonchev–Trinajstić information content (AvgIpc) is 2.74. The molecule has 3 nitrogen and oxygen atoms in total. The zero-order valence-electron chi connectivity index (χ0n) is 19.6. The molecule has 0 bridgehead atoms. The van der Waals surface area contributed by atoms with Crippen LogP contribution in [-0.2, 0) is 11.2 Å². The fourth-order valence-corrected chi connectivity index (χ4v) is 9.83. The Labute approximate surface area is 181 Å². The van der Waals surface area contributed by atoms with E-state index in [2.05, 4.69) is 27.7 Å². The number of rotatable bonds is 15. The number of hydrogen-bond donors (Lipinski definition) is 2. The molecule has 0 aliphatic rings. The van der Waals surface area contributed by atoms with E-state index in [-0.39, 0.29) is 0 Å². The monoisotopic (exact) mass is 425 g/mol. The maximum Gasteiger partial charge on any atom is 0.320 e. The van der Waals surface area contributed by atoms with Gasteiger partial charge in [-0.1, -0.05) is 30.3 Å². The van der Waals surface area contributed by atoms with Gasteiger partial charge in [-0.05, 0) is 12.0 Å². The topological polar surface area (TPSA) is 63.3 Å². The Bertz CT molecular complexity index is 469. The predicted molar refractivity (Wildman–Crippen MR) is 133 cm³/mol. The van der Waals surface area contributed by atoms with Gasteiger partial charge >= 0.3 is 117 Å². The third-order valence-corrected chi connectivity index (χ3v) is 11.5. The number of carbonyl (C=O) groups is 1. The van der Waals surface area contributed by atoms with E-state index >= 15 is 0 Å². The Balaban J connectivity index is 0.000000571. The van der Waals surface area contributed by atoms with Crippen molar-refractivity contribution in [2.45, 2.75) is 91.5 Å². The summed E-state index contributed by atoms with van der Waals surface area (Å²) >= 11 is 0. The third-order valence-electron chi connectivity index (χ3n) is 5.86. The van der Waals surface area contributed by atoms with Crippen molar-refractivity contribution in [2.75, 3.05) is 24.6 Å². The molecule has 1 atom stereocenters. The molecular formula is C25H48NO2P. The van der Waals surface area contributed by atoms with Gasteiger partial charge in [0, 0.05) is 0 Å². The molecule has 1 aromatic carbocycles. The summed E-state index contributed by atoms with van der Waals surface area (Å²) in [4.78, 5) is 10.4. The van der Waals surface area contributed by atoms with E-state index in [1.807, 2.05) is 30.3 Å². The number of unbranched alkanes of at least 4 members (excludes halogenated alkanes) is 4. The molecule has 1 aromatic rings. The van der Waals surface area contributed by atoms with Crippen LogP contribution >= 0.6 is 7.26 Å². The standard InChI is InChI=1S/C16H37P.C9H11NO2/c1-5-9-13-17(14-10-6-2,15-11-7-3)16-12-8-4;10-8(9(11)12)6-7-4-2-1-3-5-7/h17H,5-16H2,1-4H3;1-5,8H,6,10H2,(H,11,12)/t;8-/m.0/s1. The molecule has 4 heteroatoms. The number of carboxylic acid groups (broad SMARTS) is 1. The first-order valence-corrected chi connectivity index (χ1v) is 14.8. The summed E-state index contributed by atoms with van der Waals surface area (Å²) in [7, 11) is -0.879. The van der Waals surface area contributed by atoms with Crippen molar-refractivity contribution >= 4 is 13.2 Å². The molecule has 0 fully saturated rings. The molecule has 170 valence electrons. The van der Waals surface area contributed by atoms with Gasteiger partial charge in [0.05, 0.1) is 0 Å². The SMILES string of the molecule is CCCC[PH](CCCC)(CCCC)CCCC.N[C@@H](Cc1ccccc1)C(=O)O. The van der Waals surface area contributed by atoms with Crippen LogP contribution in [0.5, 0.6) is 0 Å². The number of hydrogen-bond acceptors (Lipinski definition) is 2. The van der Waals surface area contributed by atoms with E-state index in [0.717, 1.165) is 5.56 Å². The Kier molecular flexibility index (Phi) is 17.3. The molecule has 0 aliphatic carbocycles. The molecule has 0 aliphatic heterocycles. The average molecular weight is 426 g/mol. The summed E-state index contributed by atoms with van der Waals surface area (Å²) in [6.45, 7) is 9.44. The number of nitrogens with two attached hydrogens (primary N) is 1. The molecule has 29 heavy (non-hydrogen) atoms. The van der Waals surface area contributed by atoms with Crippen LogP contribution in [0.15, 0.2) is 30.3 Å². The Hall–Kier alpha value is -0.920. The number of carboxylic acids is 1. The zero-order chi connectivity index (χ0) is 22.0. The molecule has 0 spiro atoms. The maximum atomic E-state index is 10.4. The predicted octanol–water partition coefficient (Wildman–Crippen LogP) is 6.58. The summed E-state index contributed by atoms with van der Waals surface area (Å²) in [6, 6.07) is 8.54. The van der Waals surface area contributed by atoms with Crippen molar-refractivity contribution in [3.63, 3.8) is 0 Å². The van der Waals surface area contributed by atoms with Gasteiger partial charge in [-0.3, -0.25) is 4.79 Å². The summed E-state index contributed by atoms with van der Waals surface area (Å²) in [5.41, 5.74) is 6.30.